The van der Waals surface area contributed by atoms with Gasteiger partial charge in [0.25, 0.3) is 0 Å². The van der Waals surface area contributed by atoms with Crippen LogP contribution >= 0.6 is 0 Å². The van der Waals surface area contributed by atoms with Gasteiger partial charge in [0.15, 0.2) is 0 Å². The van der Waals surface area contributed by atoms with Crippen molar-refractivity contribution >= 4 is 16.9 Å². The van der Waals surface area contributed by atoms with E-state index in [0.717, 1.165) is 29.3 Å². The molecule has 3 rings (SSSR count). The molecule has 2 aromatic carbocycles. The van der Waals surface area contributed by atoms with Crippen LogP contribution in [0.1, 0.15) is 17.5 Å². The van der Waals surface area contributed by atoms with Crippen LogP contribution in [0.3, 0.4) is 0 Å². The number of para-hydroxylation sites is 1. The zero-order chi connectivity index (χ0) is 16.8. The Morgan fingerprint density at radius 3 is 2.67 bits per heavy atom. The van der Waals surface area contributed by atoms with E-state index in [1.807, 2.05) is 48.7 Å². The van der Waals surface area contributed by atoms with Crippen molar-refractivity contribution in [2.45, 2.75) is 25.3 Å². The maximum absolute atomic E-state index is 12.1. The number of H-pyrrole nitrogens is 1. The quantitative estimate of drug-likeness (QED) is 0.518. The minimum absolute atomic E-state index is 0.339. The smallest absolute Gasteiger partial charge is 0.323 e. The highest BCUT2D eigenvalue weighted by molar-refractivity contribution is 5.84. The van der Waals surface area contributed by atoms with Gasteiger partial charge in [-0.15, -0.1) is 0 Å². The number of benzene rings is 2. The predicted octanol–water partition coefficient (Wildman–Crippen LogP) is 3.21. The second kappa shape index (κ2) is 7.79. The number of aryl methyl sites for hydroxylation is 1. The number of carbonyl (C=O) groups is 1. The van der Waals surface area contributed by atoms with Crippen LogP contribution in [0.4, 0.5) is 0 Å². The number of nitrogens with one attached hydrogen (secondary N) is 1. The van der Waals surface area contributed by atoms with Crippen LogP contribution in [0, 0.1) is 0 Å². The molecule has 0 aliphatic rings. The first-order chi connectivity index (χ1) is 11.7. The highest BCUT2D eigenvalue weighted by Crippen LogP contribution is 2.19. The van der Waals surface area contributed by atoms with Gasteiger partial charge in [0.2, 0.25) is 0 Å². The molecule has 24 heavy (non-hydrogen) atoms. The molecular formula is C20H22N2O2. The standard InChI is InChI=1S/C20H22N2O2/c21-18(13-16-14-22-19-11-5-4-10-17(16)19)20(23)24-12-6-9-15-7-2-1-3-8-15/h1-5,7-8,10-11,14,18,22H,6,9,12-13,21H2/t18-/m0/s1. The van der Waals surface area contributed by atoms with Crippen LogP contribution in [0.5, 0.6) is 0 Å². The molecular weight excluding hydrogens is 300 g/mol. The average molecular weight is 322 g/mol. The van der Waals surface area contributed by atoms with Crippen LogP contribution in [0.2, 0.25) is 0 Å². The highest BCUT2D eigenvalue weighted by Gasteiger charge is 2.17. The van der Waals surface area contributed by atoms with Crippen LogP contribution in [-0.2, 0) is 22.4 Å². The van der Waals surface area contributed by atoms with E-state index >= 15 is 0 Å². The second-order valence-corrected chi connectivity index (χ2v) is 5.93. The van der Waals surface area contributed by atoms with E-state index in [9.17, 15) is 4.79 Å². The number of nitrogens with two attached hydrogens (primary N) is 1. The molecule has 4 nitrogen and oxygen atoms in total. The van der Waals surface area contributed by atoms with Crippen molar-refractivity contribution in [1.82, 2.24) is 4.98 Å². The number of ether oxygens (including phenoxy) is 1. The molecule has 4 heteroatoms. The fourth-order valence-corrected chi connectivity index (χ4v) is 2.82. The number of rotatable bonds is 7. The van der Waals surface area contributed by atoms with E-state index < -0.39 is 6.04 Å². The first kappa shape index (κ1) is 16.3. The van der Waals surface area contributed by atoms with Crippen LogP contribution < -0.4 is 5.73 Å². The molecule has 3 N–H and O–H groups in total. The van der Waals surface area contributed by atoms with E-state index in [1.165, 1.54) is 5.56 Å². The molecule has 0 amide bonds. The van der Waals surface area contributed by atoms with Gasteiger partial charge in [0.1, 0.15) is 6.04 Å². The van der Waals surface area contributed by atoms with Crippen molar-refractivity contribution in [2.24, 2.45) is 5.73 Å². The molecule has 0 radical (unpaired) electrons. The Bertz CT molecular complexity index is 796. The van der Waals surface area contributed by atoms with Crippen molar-refractivity contribution in [3.05, 3.63) is 71.9 Å². The Hall–Kier alpha value is -2.59. The topological polar surface area (TPSA) is 68.1 Å². The summed E-state index contributed by atoms with van der Waals surface area (Å²) in [5, 5.41) is 1.10. The van der Waals surface area contributed by atoms with E-state index in [4.69, 9.17) is 10.5 Å². The third-order valence-electron chi connectivity index (χ3n) is 4.11. The number of esters is 1. The summed E-state index contributed by atoms with van der Waals surface area (Å²) in [7, 11) is 0. The molecule has 0 bridgehead atoms. The highest BCUT2D eigenvalue weighted by atomic mass is 16.5. The molecule has 1 aromatic heterocycles. The number of aromatic nitrogens is 1. The van der Waals surface area contributed by atoms with E-state index in [0.29, 0.717) is 13.0 Å². The number of hydrogen-bond donors (Lipinski definition) is 2. The molecule has 0 aliphatic heterocycles. The van der Waals surface area contributed by atoms with Crippen LogP contribution in [-0.4, -0.2) is 23.6 Å². The van der Waals surface area contributed by atoms with Gasteiger partial charge in [-0.05, 0) is 30.0 Å². The van der Waals surface area contributed by atoms with Gasteiger partial charge in [-0.1, -0.05) is 48.5 Å². The van der Waals surface area contributed by atoms with Crippen molar-refractivity contribution in [3.63, 3.8) is 0 Å². The van der Waals surface area contributed by atoms with Crippen molar-refractivity contribution < 1.29 is 9.53 Å². The van der Waals surface area contributed by atoms with Crippen LogP contribution in [0.15, 0.2) is 60.8 Å². The van der Waals surface area contributed by atoms with E-state index in [1.54, 1.807) is 0 Å². The molecule has 0 aliphatic carbocycles. The van der Waals surface area contributed by atoms with Gasteiger partial charge in [-0.25, -0.2) is 0 Å². The number of fused-ring (bicyclic) bond motifs is 1. The number of carbonyl (C=O) groups excluding carboxylic acids is 1. The third kappa shape index (κ3) is 4.03. The SMILES string of the molecule is N[C@@H](Cc1c[nH]c2ccccc12)C(=O)OCCCc1ccccc1. The normalized spacial score (nSPS) is 12.2. The first-order valence-corrected chi connectivity index (χ1v) is 8.25. The van der Waals surface area contributed by atoms with Gasteiger partial charge in [-0.3, -0.25) is 4.79 Å². The zero-order valence-electron chi connectivity index (χ0n) is 13.6. The average Bonchev–Trinajstić information content (AvgIpc) is 3.02. The summed E-state index contributed by atoms with van der Waals surface area (Å²) < 4.78 is 5.31. The predicted molar refractivity (Wildman–Crippen MR) is 95.7 cm³/mol. The fraction of sp³-hybridized carbons (Fsp3) is 0.250. The van der Waals surface area contributed by atoms with Gasteiger partial charge in [-0.2, -0.15) is 0 Å². The van der Waals surface area contributed by atoms with Gasteiger partial charge < -0.3 is 15.5 Å². The van der Waals surface area contributed by atoms with E-state index in [-0.39, 0.29) is 5.97 Å². The van der Waals surface area contributed by atoms with Gasteiger partial charge in [0, 0.05) is 23.5 Å². The molecule has 0 spiro atoms. The summed E-state index contributed by atoms with van der Waals surface area (Å²) in [6.07, 6.45) is 4.08. The number of hydrogen-bond acceptors (Lipinski definition) is 3. The number of aromatic amines is 1. The summed E-state index contributed by atoms with van der Waals surface area (Å²) >= 11 is 0. The molecule has 0 fully saturated rings. The van der Waals surface area contributed by atoms with Crippen molar-refractivity contribution in [3.8, 4) is 0 Å². The fourth-order valence-electron chi connectivity index (χ4n) is 2.82. The molecule has 1 heterocycles. The van der Waals surface area contributed by atoms with Gasteiger partial charge >= 0.3 is 5.97 Å². The Kier molecular flexibility index (Phi) is 5.29. The first-order valence-electron chi connectivity index (χ1n) is 8.25. The molecule has 124 valence electrons. The Morgan fingerprint density at radius 2 is 1.83 bits per heavy atom. The zero-order valence-corrected chi connectivity index (χ0v) is 13.6. The summed E-state index contributed by atoms with van der Waals surface area (Å²) in [6, 6.07) is 17.5. The maximum Gasteiger partial charge on any atom is 0.323 e. The van der Waals surface area contributed by atoms with Crippen LogP contribution in [0.25, 0.3) is 10.9 Å². The van der Waals surface area contributed by atoms with E-state index in [2.05, 4.69) is 17.1 Å². The Labute approximate surface area is 141 Å². The summed E-state index contributed by atoms with van der Waals surface area (Å²) in [4.78, 5) is 15.3. The lowest BCUT2D eigenvalue weighted by Crippen LogP contribution is -2.34. The monoisotopic (exact) mass is 322 g/mol. The minimum Gasteiger partial charge on any atom is -0.465 e. The Balaban J connectivity index is 1.46. The lowest BCUT2D eigenvalue weighted by Gasteiger charge is -2.11. The van der Waals surface area contributed by atoms with Gasteiger partial charge in [0.05, 0.1) is 6.61 Å². The lowest BCUT2D eigenvalue weighted by molar-refractivity contribution is -0.145. The molecule has 0 saturated heterocycles. The molecule has 1 atom stereocenters. The summed E-state index contributed by atoms with van der Waals surface area (Å²) in [6.45, 7) is 0.398. The minimum atomic E-state index is -0.638. The molecule has 3 aromatic rings. The maximum atomic E-state index is 12.1. The second-order valence-electron chi connectivity index (χ2n) is 5.93. The third-order valence-corrected chi connectivity index (χ3v) is 4.11. The van der Waals surface area contributed by atoms with Crippen molar-refractivity contribution in [1.29, 1.82) is 0 Å². The Morgan fingerprint density at radius 1 is 1.08 bits per heavy atom. The molecule has 0 unspecified atom stereocenters. The van der Waals surface area contributed by atoms with Crippen molar-refractivity contribution in [2.75, 3.05) is 6.61 Å². The lowest BCUT2D eigenvalue weighted by atomic mass is 10.1. The summed E-state index contributed by atoms with van der Waals surface area (Å²) in [5.74, 6) is -0.339. The summed E-state index contributed by atoms with van der Waals surface area (Å²) in [5.41, 5.74) is 9.34. The molecule has 0 saturated carbocycles. The largest absolute Gasteiger partial charge is 0.465 e.